The van der Waals surface area contributed by atoms with Crippen molar-refractivity contribution in [2.24, 2.45) is 0 Å². The summed E-state index contributed by atoms with van der Waals surface area (Å²) in [5.74, 6) is 0. The molecule has 0 N–H and O–H groups in total. The van der Waals surface area contributed by atoms with E-state index in [1.165, 1.54) is 6.08 Å². The zero-order valence-electron chi connectivity index (χ0n) is 8.43. The van der Waals surface area contributed by atoms with Crippen LogP contribution in [0.3, 0.4) is 0 Å². The molecule has 0 amide bonds. The molecule has 2 aromatic rings. The van der Waals surface area contributed by atoms with Gasteiger partial charge in [0, 0.05) is 21.5 Å². The number of hydrogen-bond donors (Lipinski definition) is 0. The number of aromatic nitrogens is 1. The molecular formula is C11H6BrClN2O2. The second kappa shape index (κ2) is 4.81. The highest BCUT2D eigenvalue weighted by atomic mass is 79.9. The molecule has 0 aliphatic carbocycles. The van der Waals surface area contributed by atoms with E-state index in [1.807, 2.05) is 18.2 Å². The molecule has 0 aliphatic rings. The van der Waals surface area contributed by atoms with Crippen LogP contribution in [0.1, 0.15) is 5.56 Å². The van der Waals surface area contributed by atoms with Gasteiger partial charge in [0.2, 0.25) is 6.20 Å². The van der Waals surface area contributed by atoms with Crippen molar-refractivity contribution < 1.29 is 4.92 Å². The van der Waals surface area contributed by atoms with Gasteiger partial charge in [-0.05, 0) is 24.3 Å². The molecule has 0 radical (unpaired) electrons. The molecular weight excluding hydrogens is 307 g/mol. The molecule has 6 heteroatoms. The van der Waals surface area contributed by atoms with Gasteiger partial charge in [0.15, 0.2) is 0 Å². The Hall–Kier alpha value is -1.46. The van der Waals surface area contributed by atoms with Crippen molar-refractivity contribution in [2.75, 3.05) is 0 Å². The Morgan fingerprint density at radius 2 is 2.18 bits per heavy atom. The zero-order valence-corrected chi connectivity index (χ0v) is 10.8. The first-order valence-corrected chi connectivity index (χ1v) is 5.81. The summed E-state index contributed by atoms with van der Waals surface area (Å²) in [6, 6.07) is 7.32. The van der Waals surface area contributed by atoms with Crippen LogP contribution in [0.4, 0.5) is 0 Å². The van der Waals surface area contributed by atoms with Gasteiger partial charge < -0.3 is 0 Å². The summed E-state index contributed by atoms with van der Waals surface area (Å²) in [5, 5.41) is 11.4. The summed E-state index contributed by atoms with van der Waals surface area (Å²) in [6.45, 7) is 0. The van der Waals surface area contributed by atoms with E-state index < -0.39 is 4.92 Å². The molecule has 0 aliphatic heterocycles. The van der Waals surface area contributed by atoms with E-state index in [4.69, 9.17) is 11.6 Å². The van der Waals surface area contributed by atoms with Crippen molar-refractivity contribution >= 4 is 44.5 Å². The predicted octanol–water partition coefficient (Wildman–Crippen LogP) is 3.90. The third-order valence-electron chi connectivity index (χ3n) is 2.13. The Bertz CT molecular complexity index is 628. The van der Waals surface area contributed by atoms with Gasteiger partial charge in [-0.2, -0.15) is 0 Å². The Morgan fingerprint density at radius 1 is 1.41 bits per heavy atom. The summed E-state index contributed by atoms with van der Waals surface area (Å²) in [5.41, 5.74) is 1.27. The van der Waals surface area contributed by atoms with Gasteiger partial charge >= 0.3 is 0 Å². The van der Waals surface area contributed by atoms with Crippen LogP contribution in [0.5, 0.6) is 0 Å². The molecule has 1 heterocycles. The quantitative estimate of drug-likeness (QED) is 0.480. The molecule has 2 rings (SSSR count). The average Bonchev–Trinajstić information content (AvgIpc) is 2.26. The largest absolute Gasteiger partial charge is 0.259 e. The van der Waals surface area contributed by atoms with Crippen molar-refractivity contribution in [1.29, 1.82) is 0 Å². The molecule has 17 heavy (non-hydrogen) atoms. The second-order valence-electron chi connectivity index (χ2n) is 3.31. The fourth-order valence-corrected chi connectivity index (χ4v) is 1.99. The first-order chi connectivity index (χ1) is 8.06. The van der Waals surface area contributed by atoms with Crippen LogP contribution in [-0.4, -0.2) is 9.91 Å². The van der Waals surface area contributed by atoms with Gasteiger partial charge in [0.25, 0.3) is 0 Å². The molecule has 0 spiro atoms. The predicted molar refractivity (Wildman–Crippen MR) is 70.5 cm³/mol. The smallest absolute Gasteiger partial charge is 0.235 e. The molecule has 0 bridgehead atoms. The van der Waals surface area contributed by atoms with E-state index in [1.54, 1.807) is 6.07 Å². The summed E-state index contributed by atoms with van der Waals surface area (Å²) >= 11 is 9.28. The highest BCUT2D eigenvalue weighted by Gasteiger charge is 2.04. The highest BCUT2D eigenvalue weighted by molar-refractivity contribution is 9.10. The van der Waals surface area contributed by atoms with Crippen molar-refractivity contribution in [2.45, 2.75) is 0 Å². The van der Waals surface area contributed by atoms with Crippen LogP contribution < -0.4 is 0 Å². The van der Waals surface area contributed by atoms with Gasteiger partial charge in [0.1, 0.15) is 5.15 Å². The lowest BCUT2D eigenvalue weighted by atomic mass is 10.1. The van der Waals surface area contributed by atoms with Gasteiger partial charge in [-0.15, -0.1) is 0 Å². The topological polar surface area (TPSA) is 56.0 Å². The minimum absolute atomic E-state index is 0.248. The molecule has 0 unspecified atom stereocenters. The Balaban J connectivity index is 2.57. The fourth-order valence-electron chi connectivity index (χ4n) is 1.40. The summed E-state index contributed by atoms with van der Waals surface area (Å²) in [4.78, 5) is 13.9. The SMILES string of the molecule is O=[N+]([O-])/C=C/c1cc2cc(Br)ccc2nc1Cl. The monoisotopic (exact) mass is 312 g/mol. The van der Waals surface area contributed by atoms with Crippen LogP contribution >= 0.6 is 27.5 Å². The molecule has 1 aromatic heterocycles. The molecule has 4 nitrogen and oxygen atoms in total. The minimum atomic E-state index is -0.540. The Labute approximate surface area is 110 Å². The number of rotatable bonds is 2. The maximum absolute atomic E-state index is 10.2. The normalized spacial score (nSPS) is 11.2. The van der Waals surface area contributed by atoms with Crippen LogP contribution in [0, 0.1) is 10.1 Å². The van der Waals surface area contributed by atoms with E-state index in [-0.39, 0.29) is 5.15 Å². The van der Waals surface area contributed by atoms with Crippen molar-refractivity contribution in [3.05, 3.63) is 55.8 Å². The van der Waals surface area contributed by atoms with Crippen molar-refractivity contribution in [3.8, 4) is 0 Å². The maximum atomic E-state index is 10.2. The van der Waals surface area contributed by atoms with Gasteiger partial charge in [-0.1, -0.05) is 27.5 Å². The van der Waals surface area contributed by atoms with E-state index in [0.29, 0.717) is 5.56 Å². The Morgan fingerprint density at radius 3 is 2.88 bits per heavy atom. The Kier molecular flexibility index (Phi) is 3.40. The summed E-state index contributed by atoms with van der Waals surface area (Å²) in [7, 11) is 0. The van der Waals surface area contributed by atoms with E-state index in [9.17, 15) is 10.1 Å². The molecule has 1 aromatic carbocycles. The maximum Gasteiger partial charge on any atom is 0.235 e. The second-order valence-corrected chi connectivity index (χ2v) is 4.58. The standard InChI is InChI=1S/C11H6BrClN2O2/c12-9-1-2-10-8(6-9)5-7(11(13)14-10)3-4-15(16)17/h1-6H/b4-3+. The molecule has 0 fully saturated rings. The molecule has 86 valence electrons. The lowest BCUT2D eigenvalue weighted by Crippen LogP contribution is -1.87. The first kappa shape index (κ1) is 12.0. The van der Waals surface area contributed by atoms with E-state index in [2.05, 4.69) is 20.9 Å². The zero-order chi connectivity index (χ0) is 12.4. The lowest BCUT2D eigenvalue weighted by Gasteiger charge is -2.01. The fraction of sp³-hybridized carbons (Fsp3) is 0. The van der Waals surface area contributed by atoms with Gasteiger partial charge in [0.05, 0.1) is 10.4 Å². The number of nitrogens with zero attached hydrogens (tertiary/aromatic N) is 2. The number of fused-ring (bicyclic) bond motifs is 1. The third-order valence-corrected chi connectivity index (χ3v) is 2.93. The van der Waals surface area contributed by atoms with E-state index >= 15 is 0 Å². The first-order valence-electron chi connectivity index (χ1n) is 4.64. The molecule has 0 saturated heterocycles. The van der Waals surface area contributed by atoms with Crippen LogP contribution in [0.25, 0.3) is 17.0 Å². The lowest BCUT2D eigenvalue weighted by molar-refractivity contribution is -0.400. The average molecular weight is 314 g/mol. The highest BCUT2D eigenvalue weighted by Crippen LogP contribution is 2.24. The molecule has 0 atom stereocenters. The van der Waals surface area contributed by atoms with Gasteiger partial charge in [-0.3, -0.25) is 10.1 Å². The van der Waals surface area contributed by atoms with Gasteiger partial charge in [-0.25, -0.2) is 4.98 Å². The number of pyridine rings is 1. The number of hydrogen-bond acceptors (Lipinski definition) is 3. The van der Waals surface area contributed by atoms with Crippen molar-refractivity contribution in [3.63, 3.8) is 0 Å². The third kappa shape index (κ3) is 2.81. The number of nitro groups is 1. The van der Waals surface area contributed by atoms with Crippen LogP contribution in [0.15, 0.2) is 34.9 Å². The number of halogens is 2. The number of benzene rings is 1. The summed E-state index contributed by atoms with van der Waals surface area (Å²) in [6.07, 6.45) is 2.17. The van der Waals surface area contributed by atoms with Crippen LogP contribution in [-0.2, 0) is 0 Å². The minimum Gasteiger partial charge on any atom is -0.259 e. The van der Waals surface area contributed by atoms with Crippen molar-refractivity contribution in [1.82, 2.24) is 4.98 Å². The van der Waals surface area contributed by atoms with Crippen LogP contribution in [0.2, 0.25) is 5.15 Å². The summed E-state index contributed by atoms with van der Waals surface area (Å²) < 4.78 is 0.915. The molecule has 0 saturated carbocycles. The van der Waals surface area contributed by atoms with E-state index in [0.717, 1.165) is 21.6 Å².